The molecule has 1 aliphatic heterocycles. The van der Waals surface area contributed by atoms with Crippen molar-refractivity contribution < 1.29 is 13.9 Å². The van der Waals surface area contributed by atoms with E-state index in [1.807, 2.05) is 4.90 Å². The number of hydrogen-bond acceptors (Lipinski definition) is 5. The van der Waals surface area contributed by atoms with E-state index in [2.05, 4.69) is 5.32 Å². The van der Waals surface area contributed by atoms with Crippen LogP contribution < -0.4 is 9.61 Å². The molecule has 5 nitrogen and oxygen atoms in total. The van der Waals surface area contributed by atoms with Gasteiger partial charge in [-0.3, -0.25) is 9.59 Å². The van der Waals surface area contributed by atoms with Crippen molar-refractivity contribution in [3.8, 4) is 5.75 Å². The molecule has 0 unspecified atom stereocenters. The van der Waals surface area contributed by atoms with E-state index in [0.717, 1.165) is 25.9 Å². The minimum atomic E-state index is -0.181. The van der Waals surface area contributed by atoms with Crippen molar-refractivity contribution in [1.82, 2.24) is 4.90 Å². The molecule has 1 aliphatic carbocycles. The van der Waals surface area contributed by atoms with Crippen LogP contribution in [0.25, 0.3) is 0 Å². The molecule has 0 aromatic heterocycles. The van der Waals surface area contributed by atoms with Crippen molar-refractivity contribution in [3.63, 3.8) is 0 Å². The van der Waals surface area contributed by atoms with Crippen LogP contribution in [-0.4, -0.2) is 29.6 Å². The predicted molar refractivity (Wildman–Crippen MR) is 99.5 cm³/mol. The summed E-state index contributed by atoms with van der Waals surface area (Å²) < 4.78 is 4.73. The number of carbonyl (C=O) groups is 2. The number of halogens is 1. The molecule has 1 heterocycles. The van der Waals surface area contributed by atoms with Crippen LogP contribution >= 0.6 is 11.9 Å². The maximum absolute atomic E-state index is 13.1. The molecule has 2 aliphatic rings. The van der Waals surface area contributed by atoms with Crippen LogP contribution in [0.15, 0.2) is 59.9 Å². The first-order valence-corrected chi connectivity index (χ1v) is 8.83. The lowest BCUT2D eigenvalue weighted by atomic mass is 9.89. The zero-order valence-corrected chi connectivity index (χ0v) is 14.8. The molecule has 0 atom stereocenters. The number of carbonyl (C=O) groups excluding carboxylic acids is 2. The van der Waals surface area contributed by atoms with Crippen molar-refractivity contribution >= 4 is 29.1 Å². The molecule has 0 amide bonds. The predicted octanol–water partition coefficient (Wildman–Crippen LogP) is 4.02. The van der Waals surface area contributed by atoms with Crippen LogP contribution in [-0.2, 0) is 0 Å². The molecule has 0 radical (unpaired) electrons. The van der Waals surface area contributed by atoms with E-state index in [1.54, 1.807) is 48.5 Å². The Labute approximate surface area is 156 Å². The molecule has 2 aromatic carbocycles. The molecule has 1 fully saturated rings. The molecule has 0 saturated carbocycles. The van der Waals surface area contributed by atoms with Gasteiger partial charge in [-0.05, 0) is 25.0 Å². The summed E-state index contributed by atoms with van der Waals surface area (Å²) in [5.41, 5.74) is 2.27. The first-order valence-electron chi connectivity index (χ1n) is 8.52. The number of likely N-dealkylation sites (tertiary alicyclic amines) is 1. The fourth-order valence-electron chi connectivity index (χ4n) is 3.49. The molecular formula is C20H17ClN2O3. The van der Waals surface area contributed by atoms with Crippen molar-refractivity contribution in [2.24, 2.45) is 0 Å². The SMILES string of the molecule is O=C1C(Nc2cccc(OCl)c2)=C(N2CCCC2)C(=O)c2ccccc21. The highest BCUT2D eigenvalue weighted by Gasteiger charge is 2.36. The average molecular weight is 369 g/mol. The molecule has 6 heteroatoms. The number of benzene rings is 2. The minimum absolute atomic E-state index is 0.116. The van der Waals surface area contributed by atoms with Crippen LogP contribution in [0.1, 0.15) is 33.6 Å². The number of hydrogen-bond donors (Lipinski definition) is 1. The highest BCUT2D eigenvalue weighted by atomic mass is 35.5. The van der Waals surface area contributed by atoms with Crippen LogP contribution in [0.2, 0.25) is 0 Å². The summed E-state index contributed by atoms with van der Waals surface area (Å²) >= 11 is 5.42. The third-order valence-electron chi connectivity index (χ3n) is 4.71. The number of nitrogens with zero attached hydrogens (tertiary/aromatic N) is 1. The van der Waals surface area contributed by atoms with Crippen molar-refractivity contribution in [2.45, 2.75) is 12.8 Å². The zero-order chi connectivity index (χ0) is 18.1. The molecule has 0 spiro atoms. The Morgan fingerprint density at radius 2 is 1.62 bits per heavy atom. The van der Waals surface area contributed by atoms with Gasteiger partial charge in [-0.2, -0.15) is 0 Å². The zero-order valence-electron chi connectivity index (χ0n) is 14.0. The number of allylic oxidation sites excluding steroid dienone is 2. The molecule has 1 N–H and O–H groups in total. The molecule has 0 bridgehead atoms. The van der Waals surface area contributed by atoms with Gasteiger partial charge < -0.3 is 14.5 Å². The Bertz CT molecular complexity index is 917. The first-order chi connectivity index (χ1) is 12.7. The lowest BCUT2D eigenvalue weighted by Crippen LogP contribution is -2.35. The molecule has 4 rings (SSSR count). The highest BCUT2D eigenvalue weighted by Crippen LogP contribution is 2.31. The van der Waals surface area contributed by atoms with E-state index >= 15 is 0 Å². The van der Waals surface area contributed by atoms with Crippen LogP contribution in [0.4, 0.5) is 5.69 Å². The Hall–Kier alpha value is -2.79. The largest absolute Gasteiger partial charge is 0.386 e. The number of nitrogens with one attached hydrogen (secondary N) is 1. The van der Waals surface area contributed by atoms with Gasteiger partial charge in [0, 0.05) is 36.0 Å². The van der Waals surface area contributed by atoms with Gasteiger partial charge in [-0.1, -0.05) is 30.3 Å². The van der Waals surface area contributed by atoms with Gasteiger partial charge >= 0.3 is 0 Å². The second kappa shape index (κ2) is 6.84. The monoisotopic (exact) mass is 368 g/mol. The quantitative estimate of drug-likeness (QED) is 0.883. The van der Waals surface area contributed by atoms with Crippen LogP contribution in [0.5, 0.6) is 5.75 Å². The van der Waals surface area contributed by atoms with Crippen LogP contribution in [0.3, 0.4) is 0 Å². The van der Waals surface area contributed by atoms with Gasteiger partial charge in [0.25, 0.3) is 0 Å². The van der Waals surface area contributed by atoms with Crippen molar-refractivity contribution in [2.75, 3.05) is 18.4 Å². The summed E-state index contributed by atoms with van der Waals surface area (Å²) in [6, 6.07) is 13.9. The van der Waals surface area contributed by atoms with E-state index in [0.29, 0.717) is 34.0 Å². The van der Waals surface area contributed by atoms with E-state index in [9.17, 15) is 9.59 Å². The standard InChI is InChI=1S/C20H17ClN2O3/c21-26-14-7-5-6-13(12-14)22-17-18(23-10-3-4-11-23)20(25)16-9-2-1-8-15(16)19(17)24/h1-2,5-9,12,22H,3-4,10-11H2. The summed E-state index contributed by atoms with van der Waals surface area (Å²) in [5.74, 6) is 0.156. The lowest BCUT2D eigenvalue weighted by molar-refractivity contribution is 0.0948. The molecule has 132 valence electrons. The fraction of sp³-hybridized carbons (Fsp3) is 0.200. The number of anilines is 1. The van der Waals surface area contributed by atoms with E-state index in [4.69, 9.17) is 16.2 Å². The third-order valence-corrected chi connectivity index (χ3v) is 4.89. The normalized spacial score (nSPS) is 16.7. The Kier molecular flexibility index (Phi) is 4.39. The minimum Gasteiger partial charge on any atom is -0.386 e. The van der Waals surface area contributed by atoms with Gasteiger partial charge in [0.15, 0.2) is 0 Å². The second-order valence-electron chi connectivity index (χ2n) is 6.35. The number of Topliss-reactive ketones (excluding diaryl/α,β-unsaturated/α-hetero) is 2. The molecule has 26 heavy (non-hydrogen) atoms. The smallest absolute Gasteiger partial charge is 0.212 e. The molecular weight excluding hydrogens is 352 g/mol. The maximum Gasteiger partial charge on any atom is 0.212 e. The Morgan fingerprint density at radius 3 is 2.31 bits per heavy atom. The summed E-state index contributed by atoms with van der Waals surface area (Å²) in [7, 11) is 0. The molecule has 1 saturated heterocycles. The average Bonchev–Trinajstić information content (AvgIpc) is 3.20. The Morgan fingerprint density at radius 1 is 0.923 bits per heavy atom. The van der Waals surface area contributed by atoms with Crippen LogP contribution in [0, 0.1) is 0 Å². The number of rotatable bonds is 4. The fourth-order valence-corrected chi connectivity index (χ4v) is 3.58. The summed E-state index contributed by atoms with van der Waals surface area (Å²) in [4.78, 5) is 28.3. The number of ketones is 2. The third kappa shape index (κ3) is 2.84. The van der Waals surface area contributed by atoms with Gasteiger partial charge in [0.2, 0.25) is 11.6 Å². The summed E-state index contributed by atoms with van der Waals surface area (Å²) in [6.45, 7) is 1.54. The van der Waals surface area contributed by atoms with Crippen molar-refractivity contribution in [3.05, 3.63) is 71.1 Å². The first kappa shape index (κ1) is 16.7. The van der Waals surface area contributed by atoms with Gasteiger partial charge in [-0.25, -0.2) is 0 Å². The van der Waals surface area contributed by atoms with E-state index in [-0.39, 0.29) is 11.6 Å². The van der Waals surface area contributed by atoms with E-state index in [1.165, 1.54) is 0 Å². The molecule has 2 aromatic rings. The van der Waals surface area contributed by atoms with Gasteiger partial charge in [0.1, 0.15) is 29.0 Å². The second-order valence-corrected chi connectivity index (χ2v) is 6.51. The summed E-state index contributed by atoms with van der Waals surface area (Å²) in [5, 5.41) is 3.13. The number of fused-ring (bicyclic) bond motifs is 1. The maximum atomic E-state index is 13.1. The van der Waals surface area contributed by atoms with E-state index < -0.39 is 0 Å². The van der Waals surface area contributed by atoms with Gasteiger partial charge in [0.05, 0.1) is 0 Å². The topological polar surface area (TPSA) is 58.6 Å². The lowest BCUT2D eigenvalue weighted by Gasteiger charge is -2.28. The summed E-state index contributed by atoms with van der Waals surface area (Å²) in [6.07, 6.45) is 2.02. The van der Waals surface area contributed by atoms with Gasteiger partial charge in [-0.15, -0.1) is 0 Å². The van der Waals surface area contributed by atoms with Crippen molar-refractivity contribution in [1.29, 1.82) is 0 Å². The Balaban J connectivity index is 1.81. The highest BCUT2D eigenvalue weighted by molar-refractivity contribution is 6.27.